The normalized spacial score (nSPS) is 10.5. The summed E-state index contributed by atoms with van der Waals surface area (Å²) in [5, 5.41) is 13.8. The first-order valence-corrected chi connectivity index (χ1v) is 10.2. The third kappa shape index (κ3) is 5.62. The number of carbonyl (C=O) groups excluding carboxylic acids is 2. The van der Waals surface area contributed by atoms with Crippen LogP contribution in [0.1, 0.15) is 0 Å². The molecule has 0 fully saturated rings. The van der Waals surface area contributed by atoms with Crippen LogP contribution >= 0.6 is 23.1 Å². The molecule has 0 atom stereocenters. The van der Waals surface area contributed by atoms with Gasteiger partial charge in [0, 0.05) is 18.4 Å². The van der Waals surface area contributed by atoms with Gasteiger partial charge in [0.05, 0.1) is 5.75 Å². The average Bonchev–Trinajstić information content (AvgIpc) is 3.15. The van der Waals surface area contributed by atoms with Gasteiger partial charge in [0.15, 0.2) is 4.34 Å². The molecule has 0 bridgehead atoms. The van der Waals surface area contributed by atoms with Gasteiger partial charge < -0.3 is 10.1 Å². The van der Waals surface area contributed by atoms with Crippen molar-refractivity contribution in [3.05, 3.63) is 54.6 Å². The number of benzene rings is 2. The van der Waals surface area contributed by atoms with Gasteiger partial charge in [-0.1, -0.05) is 71.6 Å². The first kappa shape index (κ1) is 20.0. The third-order valence-corrected chi connectivity index (χ3v) is 5.51. The van der Waals surface area contributed by atoms with Gasteiger partial charge >= 0.3 is 0 Å². The van der Waals surface area contributed by atoms with E-state index < -0.39 is 0 Å². The van der Waals surface area contributed by atoms with Gasteiger partial charge in [-0.25, -0.2) is 0 Å². The molecule has 1 aromatic heterocycles. The summed E-state index contributed by atoms with van der Waals surface area (Å²) in [5.41, 5.74) is 2.75. The predicted molar refractivity (Wildman–Crippen MR) is 112 cm³/mol. The van der Waals surface area contributed by atoms with E-state index in [2.05, 4.69) is 20.8 Å². The second kappa shape index (κ2) is 9.98. The van der Waals surface area contributed by atoms with E-state index in [-0.39, 0.29) is 24.2 Å². The number of hydrogen-bond donors (Lipinski definition) is 2. The standard InChI is InChI=1S/C19H18N4O3S2/c1-26-11-16(24)21-18-22-23-19(28-18)27-12-17(25)20-15-10-6-5-9-14(15)13-7-3-2-4-8-13/h2-10H,11-12H2,1H3,(H,20,25)(H,21,22,24). The molecule has 28 heavy (non-hydrogen) atoms. The van der Waals surface area contributed by atoms with E-state index >= 15 is 0 Å². The number of anilines is 2. The van der Waals surface area contributed by atoms with Crippen molar-refractivity contribution < 1.29 is 14.3 Å². The minimum Gasteiger partial charge on any atom is -0.375 e. The number of ether oxygens (including phenoxy) is 1. The summed E-state index contributed by atoms with van der Waals surface area (Å²) in [7, 11) is 1.44. The Morgan fingerprint density at radius 1 is 1.00 bits per heavy atom. The monoisotopic (exact) mass is 414 g/mol. The zero-order valence-corrected chi connectivity index (χ0v) is 16.7. The molecule has 0 saturated carbocycles. The lowest BCUT2D eigenvalue weighted by Gasteiger charge is -2.10. The fraction of sp³-hybridized carbons (Fsp3) is 0.158. The van der Waals surface area contributed by atoms with E-state index in [1.165, 1.54) is 30.2 Å². The number of nitrogens with one attached hydrogen (secondary N) is 2. The molecule has 3 aromatic rings. The Bertz CT molecular complexity index is 947. The summed E-state index contributed by atoms with van der Waals surface area (Å²) in [4.78, 5) is 23.8. The first-order valence-electron chi connectivity index (χ1n) is 8.35. The van der Waals surface area contributed by atoms with E-state index in [1.807, 2.05) is 54.6 Å². The predicted octanol–water partition coefficient (Wildman–Crippen LogP) is 3.52. The van der Waals surface area contributed by atoms with Crippen molar-refractivity contribution in [2.45, 2.75) is 4.34 Å². The maximum atomic E-state index is 12.4. The van der Waals surface area contributed by atoms with Crippen LogP contribution in [0.5, 0.6) is 0 Å². The minimum absolute atomic E-state index is 0.0503. The lowest BCUT2D eigenvalue weighted by molar-refractivity contribution is -0.119. The van der Waals surface area contributed by atoms with Gasteiger partial charge in [0.2, 0.25) is 11.0 Å². The highest BCUT2D eigenvalue weighted by Crippen LogP contribution is 2.29. The van der Waals surface area contributed by atoms with Crippen LogP contribution in [0.3, 0.4) is 0 Å². The summed E-state index contributed by atoms with van der Waals surface area (Å²) in [6.07, 6.45) is 0. The molecule has 3 rings (SSSR count). The van der Waals surface area contributed by atoms with Crippen LogP contribution in [0.15, 0.2) is 58.9 Å². The fourth-order valence-corrected chi connectivity index (χ4v) is 3.95. The Morgan fingerprint density at radius 3 is 2.54 bits per heavy atom. The Morgan fingerprint density at radius 2 is 1.75 bits per heavy atom. The second-order valence-corrected chi connectivity index (χ2v) is 7.80. The van der Waals surface area contributed by atoms with Crippen LogP contribution in [-0.2, 0) is 14.3 Å². The molecule has 1 heterocycles. The summed E-state index contributed by atoms with van der Waals surface area (Å²) in [6, 6.07) is 17.5. The van der Waals surface area contributed by atoms with Crippen molar-refractivity contribution in [2.24, 2.45) is 0 Å². The zero-order chi connectivity index (χ0) is 19.8. The van der Waals surface area contributed by atoms with Crippen LogP contribution in [0.25, 0.3) is 11.1 Å². The summed E-state index contributed by atoms with van der Waals surface area (Å²) < 4.78 is 5.34. The van der Waals surface area contributed by atoms with Gasteiger partial charge in [-0.3, -0.25) is 14.9 Å². The maximum Gasteiger partial charge on any atom is 0.252 e. The largest absolute Gasteiger partial charge is 0.375 e. The Hall–Kier alpha value is -2.75. The lowest BCUT2D eigenvalue weighted by atomic mass is 10.0. The van der Waals surface area contributed by atoms with Crippen LogP contribution in [0.4, 0.5) is 10.8 Å². The number of carbonyl (C=O) groups is 2. The number of hydrogen-bond acceptors (Lipinski definition) is 7. The number of thioether (sulfide) groups is 1. The van der Waals surface area contributed by atoms with Gasteiger partial charge in [-0.15, -0.1) is 10.2 Å². The number of amides is 2. The fourth-order valence-electron chi connectivity index (χ4n) is 2.38. The highest BCUT2D eigenvalue weighted by atomic mass is 32.2. The number of rotatable bonds is 8. The number of para-hydroxylation sites is 1. The zero-order valence-electron chi connectivity index (χ0n) is 15.0. The summed E-state index contributed by atoms with van der Waals surface area (Å²) in [5.74, 6) is -0.261. The molecule has 0 spiro atoms. The van der Waals surface area contributed by atoms with Crippen molar-refractivity contribution in [1.29, 1.82) is 0 Å². The Labute approximate surface area is 170 Å². The van der Waals surface area contributed by atoms with Gasteiger partial charge in [-0.05, 0) is 11.6 Å². The first-order chi connectivity index (χ1) is 13.7. The van der Waals surface area contributed by atoms with E-state index in [0.29, 0.717) is 9.47 Å². The molecule has 0 aliphatic carbocycles. The topological polar surface area (TPSA) is 93.2 Å². The van der Waals surface area contributed by atoms with E-state index in [1.54, 1.807) is 0 Å². The molecule has 0 aliphatic rings. The summed E-state index contributed by atoms with van der Waals surface area (Å²) >= 11 is 2.47. The number of methoxy groups -OCH3 is 1. The van der Waals surface area contributed by atoms with Gasteiger partial charge in [0.1, 0.15) is 6.61 Å². The van der Waals surface area contributed by atoms with Gasteiger partial charge in [-0.2, -0.15) is 0 Å². The molecule has 2 N–H and O–H groups in total. The van der Waals surface area contributed by atoms with Crippen LogP contribution in [-0.4, -0.2) is 41.5 Å². The Kier molecular flexibility index (Phi) is 7.12. The minimum atomic E-state index is -0.300. The molecule has 0 aliphatic heterocycles. The highest BCUT2D eigenvalue weighted by Gasteiger charge is 2.12. The van der Waals surface area contributed by atoms with Crippen molar-refractivity contribution >= 4 is 45.7 Å². The maximum absolute atomic E-state index is 12.4. The molecular weight excluding hydrogens is 396 g/mol. The average molecular weight is 415 g/mol. The van der Waals surface area contributed by atoms with Gasteiger partial charge in [0.25, 0.3) is 5.91 Å². The van der Waals surface area contributed by atoms with Crippen LogP contribution in [0, 0.1) is 0 Å². The molecule has 7 nitrogen and oxygen atoms in total. The molecule has 9 heteroatoms. The molecule has 2 amide bonds. The van der Waals surface area contributed by atoms with E-state index in [4.69, 9.17) is 4.74 Å². The second-order valence-electron chi connectivity index (χ2n) is 5.60. The van der Waals surface area contributed by atoms with Crippen molar-refractivity contribution in [3.63, 3.8) is 0 Å². The van der Waals surface area contributed by atoms with E-state index in [0.717, 1.165) is 16.8 Å². The van der Waals surface area contributed by atoms with E-state index in [9.17, 15) is 9.59 Å². The van der Waals surface area contributed by atoms with Crippen LogP contribution < -0.4 is 10.6 Å². The highest BCUT2D eigenvalue weighted by molar-refractivity contribution is 8.01. The smallest absolute Gasteiger partial charge is 0.252 e. The molecule has 2 aromatic carbocycles. The number of aromatic nitrogens is 2. The van der Waals surface area contributed by atoms with Crippen LogP contribution in [0.2, 0.25) is 0 Å². The SMILES string of the molecule is COCC(=O)Nc1nnc(SCC(=O)Nc2ccccc2-c2ccccc2)s1. The number of nitrogens with zero attached hydrogens (tertiary/aromatic N) is 2. The summed E-state index contributed by atoms with van der Waals surface area (Å²) in [6.45, 7) is -0.0503. The molecular formula is C19H18N4O3S2. The van der Waals surface area contributed by atoms with Crippen molar-refractivity contribution in [3.8, 4) is 11.1 Å². The third-order valence-electron chi connectivity index (χ3n) is 3.54. The lowest BCUT2D eigenvalue weighted by Crippen LogP contribution is -2.16. The van der Waals surface area contributed by atoms with Crippen molar-refractivity contribution in [2.75, 3.05) is 30.1 Å². The molecule has 144 valence electrons. The van der Waals surface area contributed by atoms with Crippen molar-refractivity contribution in [1.82, 2.24) is 10.2 Å². The molecule has 0 radical (unpaired) electrons. The molecule has 0 unspecified atom stereocenters. The molecule has 0 saturated heterocycles. The quantitative estimate of drug-likeness (QED) is 0.433. The Balaban J connectivity index is 1.57.